The molecule has 2 aliphatic rings. The van der Waals surface area contributed by atoms with Crippen LogP contribution in [0.15, 0.2) is 35.4 Å². The standard InChI is InChI=1S/C22H26N6O4/c1-31-11-10-28-22(30)27-8-5-17(14-19(27)24-28)26-9-12-32-18-13-16(15-23-20(18)26)21(29)25-6-3-2-4-7-25/h5,8,13-15H,2-4,6-7,9-12H2,1H3. The quantitative estimate of drug-likeness (QED) is 0.598. The molecule has 0 bridgehead atoms. The zero-order chi connectivity index (χ0) is 22.1. The van der Waals surface area contributed by atoms with Crippen LogP contribution in [0.4, 0.5) is 11.5 Å². The Labute approximate surface area is 185 Å². The van der Waals surface area contributed by atoms with E-state index < -0.39 is 0 Å². The molecule has 32 heavy (non-hydrogen) atoms. The van der Waals surface area contributed by atoms with E-state index in [1.807, 2.05) is 21.9 Å². The highest BCUT2D eigenvalue weighted by Gasteiger charge is 2.25. The van der Waals surface area contributed by atoms with Crippen molar-refractivity contribution >= 4 is 23.1 Å². The molecule has 2 aliphatic heterocycles. The van der Waals surface area contributed by atoms with Crippen molar-refractivity contribution in [2.45, 2.75) is 25.8 Å². The second-order valence-corrected chi connectivity index (χ2v) is 8.01. The first-order valence-electron chi connectivity index (χ1n) is 10.9. The highest BCUT2D eigenvalue weighted by atomic mass is 16.5. The van der Waals surface area contributed by atoms with Gasteiger partial charge < -0.3 is 19.3 Å². The van der Waals surface area contributed by atoms with Crippen LogP contribution in [0, 0.1) is 0 Å². The molecule has 0 radical (unpaired) electrons. The molecule has 1 fully saturated rings. The van der Waals surface area contributed by atoms with Gasteiger partial charge >= 0.3 is 5.69 Å². The summed E-state index contributed by atoms with van der Waals surface area (Å²) in [5.41, 5.74) is 1.75. The summed E-state index contributed by atoms with van der Waals surface area (Å²) in [5, 5.41) is 4.41. The number of hydrogen-bond donors (Lipinski definition) is 0. The summed E-state index contributed by atoms with van der Waals surface area (Å²) in [4.78, 5) is 33.8. The first-order valence-corrected chi connectivity index (χ1v) is 10.9. The van der Waals surface area contributed by atoms with Crippen LogP contribution >= 0.6 is 0 Å². The number of amides is 1. The summed E-state index contributed by atoms with van der Waals surface area (Å²) in [6.07, 6.45) is 6.60. The summed E-state index contributed by atoms with van der Waals surface area (Å²) in [6.45, 7) is 3.46. The third-order valence-electron chi connectivity index (χ3n) is 5.94. The number of nitrogens with zero attached hydrogens (tertiary/aromatic N) is 6. The number of aromatic nitrogens is 4. The first-order chi connectivity index (χ1) is 15.7. The summed E-state index contributed by atoms with van der Waals surface area (Å²) < 4.78 is 13.8. The van der Waals surface area contributed by atoms with Crippen molar-refractivity contribution < 1.29 is 14.3 Å². The van der Waals surface area contributed by atoms with Gasteiger partial charge in [-0.05, 0) is 31.4 Å². The van der Waals surface area contributed by atoms with Gasteiger partial charge in [0.15, 0.2) is 17.2 Å². The van der Waals surface area contributed by atoms with Crippen molar-refractivity contribution in [3.63, 3.8) is 0 Å². The number of carbonyl (C=O) groups is 1. The van der Waals surface area contributed by atoms with Crippen molar-refractivity contribution in [1.82, 2.24) is 24.1 Å². The van der Waals surface area contributed by atoms with E-state index in [1.165, 1.54) is 15.5 Å². The van der Waals surface area contributed by atoms with Crippen LogP contribution in [-0.4, -0.2) is 69.9 Å². The number of piperidine rings is 1. The molecule has 1 saturated heterocycles. The van der Waals surface area contributed by atoms with Gasteiger partial charge in [0.25, 0.3) is 5.91 Å². The molecule has 0 N–H and O–H groups in total. The molecule has 0 aromatic carbocycles. The van der Waals surface area contributed by atoms with E-state index in [2.05, 4.69) is 10.1 Å². The lowest BCUT2D eigenvalue weighted by molar-refractivity contribution is 0.0723. The van der Waals surface area contributed by atoms with Gasteiger partial charge in [-0.2, -0.15) is 0 Å². The third kappa shape index (κ3) is 3.70. The predicted molar refractivity (Wildman–Crippen MR) is 118 cm³/mol. The van der Waals surface area contributed by atoms with Crippen LogP contribution in [0.2, 0.25) is 0 Å². The van der Waals surface area contributed by atoms with Crippen molar-refractivity contribution in [1.29, 1.82) is 0 Å². The lowest BCUT2D eigenvalue weighted by atomic mass is 10.1. The Kier molecular flexibility index (Phi) is 5.52. The Morgan fingerprint density at radius 3 is 2.84 bits per heavy atom. The largest absolute Gasteiger partial charge is 0.488 e. The zero-order valence-electron chi connectivity index (χ0n) is 18.1. The maximum atomic E-state index is 12.9. The van der Waals surface area contributed by atoms with E-state index in [9.17, 15) is 9.59 Å². The van der Waals surface area contributed by atoms with Crippen molar-refractivity contribution in [2.75, 3.05) is 44.9 Å². The Balaban J connectivity index is 1.44. The van der Waals surface area contributed by atoms with E-state index in [1.54, 1.807) is 25.6 Å². The highest BCUT2D eigenvalue weighted by Crippen LogP contribution is 2.35. The SMILES string of the molecule is COCCn1nc2cc(N3CCOc4cc(C(=O)N5CCCCC5)cnc43)ccn2c1=O. The fraction of sp³-hybridized carbons (Fsp3) is 0.455. The molecular formula is C22H26N6O4. The third-order valence-corrected chi connectivity index (χ3v) is 5.94. The number of likely N-dealkylation sites (tertiary alicyclic amines) is 1. The summed E-state index contributed by atoms with van der Waals surface area (Å²) in [6, 6.07) is 5.50. The Hall–Kier alpha value is -3.40. The molecule has 1 amide bonds. The van der Waals surface area contributed by atoms with Crippen LogP contribution in [0.25, 0.3) is 5.65 Å². The molecule has 10 heteroatoms. The van der Waals surface area contributed by atoms with Gasteiger partial charge in [0.2, 0.25) is 0 Å². The van der Waals surface area contributed by atoms with Crippen LogP contribution in [-0.2, 0) is 11.3 Å². The van der Waals surface area contributed by atoms with E-state index in [0.29, 0.717) is 49.1 Å². The van der Waals surface area contributed by atoms with Gasteiger partial charge in [-0.15, -0.1) is 5.10 Å². The minimum absolute atomic E-state index is 0.00289. The zero-order valence-corrected chi connectivity index (χ0v) is 18.1. The molecule has 5 rings (SSSR count). The Morgan fingerprint density at radius 2 is 2.03 bits per heavy atom. The predicted octanol–water partition coefficient (Wildman–Crippen LogP) is 1.69. The number of ether oxygens (including phenoxy) is 2. The second kappa shape index (κ2) is 8.62. The molecular weight excluding hydrogens is 412 g/mol. The van der Waals surface area contributed by atoms with E-state index >= 15 is 0 Å². The fourth-order valence-corrected chi connectivity index (χ4v) is 4.25. The molecule has 10 nitrogen and oxygen atoms in total. The van der Waals surface area contributed by atoms with Crippen molar-refractivity contribution in [3.05, 3.63) is 46.6 Å². The average Bonchev–Trinajstić information content (AvgIpc) is 3.16. The molecule has 0 aliphatic carbocycles. The number of methoxy groups -OCH3 is 1. The Morgan fingerprint density at radius 1 is 1.19 bits per heavy atom. The lowest BCUT2D eigenvalue weighted by Crippen LogP contribution is -2.36. The molecule has 0 unspecified atom stereocenters. The number of fused-ring (bicyclic) bond motifs is 2. The lowest BCUT2D eigenvalue weighted by Gasteiger charge is -2.31. The van der Waals surface area contributed by atoms with E-state index in [0.717, 1.165) is 31.6 Å². The van der Waals surface area contributed by atoms with Crippen LogP contribution in [0.3, 0.4) is 0 Å². The second-order valence-electron chi connectivity index (χ2n) is 8.01. The molecule has 0 atom stereocenters. The van der Waals surface area contributed by atoms with Crippen LogP contribution < -0.4 is 15.3 Å². The summed E-state index contributed by atoms with van der Waals surface area (Å²) in [7, 11) is 1.59. The van der Waals surface area contributed by atoms with E-state index in [4.69, 9.17) is 9.47 Å². The number of rotatable bonds is 5. The van der Waals surface area contributed by atoms with Gasteiger partial charge in [0, 0.05) is 44.3 Å². The molecule has 5 heterocycles. The maximum Gasteiger partial charge on any atom is 0.350 e. The van der Waals surface area contributed by atoms with Crippen molar-refractivity contribution in [3.8, 4) is 5.75 Å². The Bertz CT molecular complexity index is 1200. The van der Waals surface area contributed by atoms with Gasteiger partial charge in [-0.1, -0.05) is 0 Å². The summed E-state index contributed by atoms with van der Waals surface area (Å²) >= 11 is 0. The normalized spacial score (nSPS) is 16.2. The van der Waals surface area contributed by atoms with Crippen LogP contribution in [0.1, 0.15) is 29.6 Å². The van der Waals surface area contributed by atoms with Crippen LogP contribution in [0.5, 0.6) is 5.75 Å². The highest BCUT2D eigenvalue weighted by molar-refractivity contribution is 5.95. The van der Waals surface area contributed by atoms with Gasteiger partial charge in [0.1, 0.15) is 6.61 Å². The molecule has 0 spiro atoms. The number of pyridine rings is 2. The first kappa shape index (κ1) is 20.5. The minimum atomic E-state index is -0.204. The molecule has 3 aromatic rings. The fourth-order valence-electron chi connectivity index (χ4n) is 4.25. The van der Waals surface area contributed by atoms with Gasteiger partial charge in [0.05, 0.1) is 25.3 Å². The molecule has 168 valence electrons. The number of hydrogen-bond acceptors (Lipinski definition) is 7. The average molecular weight is 438 g/mol. The molecule has 3 aromatic heterocycles. The molecule has 0 saturated carbocycles. The smallest absolute Gasteiger partial charge is 0.350 e. The number of carbonyl (C=O) groups excluding carboxylic acids is 1. The van der Waals surface area contributed by atoms with Gasteiger partial charge in [-0.3, -0.25) is 9.20 Å². The number of anilines is 2. The monoisotopic (exact) mass is 438 g/mol. The minimum Gasteiger partial charge on any atom is -0.488 e. The summed E-state index contributed by atoms with van der Waals surface area (Å²) in [5.74, 6) is 1.24. The van der Waals surface area contributed by atoms with Crippen molar-refractivity contribution in [2.24, 2.45) is 0 Å². The maximum absolute atomic E-state index is 12.9. The topological polar surface area (TPSA) is 94.2 Å². The van der Waals surface area contributed by atoms with E-state index in [-0.39, 0.29) is 11.6 Å². The van der Waals surface area contributed by atoms with Gasteiger partial charge in [-0.25, -0.2) is 14.5 Å².